The van der Waals surface area contributed by atoms with E-state index in [1.807, 2.05) is 0 Å². The van der Waals surface area contributed by atoms with Crippen molar-refractivity contribution in [1.29, 1.82) is 0 Å². The Hall–Kier alpha value is -8.00. The van der Waals surface area contributed by atoms with Crippen LogP contribution in [0.5, 0.6) is 0 Å². The molecule has 1 heteroatoms. The molecule has 0 saturated carbocycles. The molecule has 12 rings (SSSR count). The van der Waals surface area contributed by atoms with Gasteiger partial charge in [-0.25, -0.2) is 0 Å². The largest absolute Gasteiger partial charge is 0.309 e. The first-order valence-corrected chi connectivity index (χ1v) is 21.1. The maximum absolute atomic E-state index is 2.49. The van der Waals surface area contributed by atoms with Crippen molar-refractivity contribution in [2.45, 2.75) is 0 Å². The average molecular weight is 774 g/mol. The van der Waals surface area contributed by atoms with Crippen molar-refractivity contribution in [2.75, 3.05) is 4.90 Å². The first kappa shape index (κ1) is 35.0. The number of hydrogen-bond donors (Lipinski definition) is 0. The van der Waals surface area contributed by atoms with E-state index in [0.29, 0.717) is 0 Å². The second-order valence-electron chi connectivity index (χ2n) is 16.1. The molecule has 284 valence electrons. The molecule has 0 aromatic heterocycles. The van der Waals surface area contributed by atoms with Crippen molar-refractivity contribution in [1.82, 2.24) is 0 Å². The van der Waals surface area contributed by atoms with Crippen LogP contribution in [0.25, 0.3) is 98.0 Å². The van der Waals surface area contributed by atoms with E-state index in [1.54, 1.807) is 0 Å². The number of rotatable bonds is 6. The lowest BCUT2D eigenvalue weighted by Gasteiger charge is -2.31. The van der Waals surface area contributed by atoms with E-state index >= 15 is 0 Å². The molecule has 0 aliphatic rings. The maximum atomic E-state index is 2.49. The molecule has 0 aliphatic carbocycles. The normalized spacial score (nSPS) is 11.6. The number of hydrogen-bond acceptors (Lipinski definition) is 1. The first-order valence-electron chi connectivity index (χ1n) is 21.1. The van der Waals surface area contributed by atoms with Gasteiger partial charge in [-0.2, -0.15) is 0 Å². The molecule has 0 amide bonds. The van der Waals surface area contributed by atoms with Gasteiger partial charge in [0.1, 0.15) is 0 Å². The SMILES string of the molecule is c1ccc2cc(-c3ccc(N(c4ccc(-c5ccc6ccc7ccccc7c6c5)cc4)c4c(-c5cccc6ccccc56)c5ccccc5c5ccccc45)cc3)ccc2c1. The summed E-state index contributed by atoms with van der Waals surface area (Å²) in [6, 6.07) is 87.0. The molecule has 0 fully saturated rings. The van der Waals surface area contributed by atoms with Crippen LogP contribution in [0.1, 0.15) is 0 Å². The van der Waals surface area contributed by atoms with E-state index in [2.05, 4.69) is 241 Å². The second kappa shape index (κ2) is 14.4. The summed E-state index contributed by atoms with van der Waals surface area (Å²) in [4.78, 5) is 2.49. The van der Waals surface area contributed by atoms with Crippen molar-refractivity contribution in [3.05, 3.63) is 237 Å². The van der Waals surface area contributed by atoms with Crippen LogP contribution in [0, 0.1) is 0 Å². The van der Waals surface area contributed by atoms with Gasteiger partial charge in [-0.15, -0.1) is 0 Å². The van der Waals surface area contributed by atoms with Crippen LogP contribution in [0.4, 0.5) is 17.1 Å². The predicted octanol–water partition coefficient (Wildman–Crippen LogP) is 17.1. The van der Waals surface area contributed by atoms with E-state index in [-0.39, 0.29) is 0 Å². The fourth-order valence-corrected chi connectivity index (χ4v) is 9.63. The molecule has 0 heterocycles. The van der Waals surface area contributed by atoms with Crippen molar-refractivity contribution < 1.29 is 0 Å². The smallest absolute Gasteiger partial charge is 0.0625 e. The molecule has 0 spiro atoms. The topological polar surface area (TPSA) is 3.24 Å². The van der Waals surface area contributed by atoms with Gasteiger partial charge in [0.25, 0.3) is 0 Å². The maximum Gasteiger partial charge on any atom is 0.0625 e. The highest BCUT2D eigenvalue weighted by Gasteiger charge is 2.24. The Labute approximate surface area is 355 Å². The molecule has 0 aliphatic heterocycles. The lowest BCUT2D eigenvalue weighted by atomic mass is 9.88. The van der Waals surface area contributed by atoms with Gasteiger partial charge < -0.3 is 4.90 Å². The minimum Gasteiger partial charge on any atom is -0.309 e. The van der Waals surface area contributed by atoms with Gasteiger partial charge in [0.05, 0.1) is 5.69 Å². The highest BCUT2D eigenvalue weighted by atomic mass is 15.1. The summed E-state index contributed by atoms with van der Waals surface area (Å²) in [7, 11) is 0. The summed E-state index contributed by atoms with van der Waals surface area (Å²) >= 11 is 0. The standard InChI is InChI=1S/C60H39N/c1-2-15-46-38-47(28-24-40(46)12-1)41-30-34-49(35-31-41)61(50-36-32-42(33-37-50)48-29-27-45-26-25-44-14-4-6-18-52(44)58(45)39-48)60-57-22-10-8-20-54(57)53-19-7-9-21-56(53)59(60)55-23-11-16-43-13-3-5-17-51(43)55/h1-39H. The fourth-order valence-electron chi connectivity index (χ4n) is 9.63. The van der Waals surface area contributed by atoms with Crippen molar-refractivity contribution in [2.24, 2.45) is 0 Å². The minimum absolute atomic E-state index is 1.09. The van der Waals surface area contributed by atoms with Gasteiger partial charge in [0.15, 0.2) is 0 Å². The lowest BCUT2D eigenvalue weighted by Crippen LogP contribution is -2.12. The first-order chi connectivity index (χ1) is 30.2. The van der Waals surface area contributed by atoms with Crippen LogP contribution >= 0.6 is 0 Å². The minimum atomic E-state index is 1.09. The number of fused-ring (bicyclic) bond motifs is 8. The molecule has 1 nitrogen and oxygen atoms in total. The van der Waals surface area contributed by atoms with Crippen LogP contribution < -0.4 is 4.90 Å². The van der Waals surface area contributed by atoms with Crippen LogP contribution in [-0.4, -0.2) is 0 Å². The molecular formula is C60H39N. The average Bonchev–Trinajstić information content (AvgIpc) is 3.34. The molecule has 0 bridgehead atoms. The number of benzene rings is 12. The summed E-state index contributed by atoms with van der Waals surface area (Å²) in [6.07, 6.45) is 0. The van der Waals surface area contributed by atoms with Crippen LogP contribution in [0.15, 0.2) is 237 Å². The van der Waals surface area contributed by atoms with Gasteiger partial charge in [0, 0.05) is 22.3 Å². The summed E-state index contributed by atoms with van der Waals surface area (Å²) in [5.41, 5.74) is 10.6. The number of nitrogens with zero attached hydrogens (tertiary/aromatic N) is 1. The lowest BCUT2D eigenvalue weighted by molar-refractivity contribution is 1.30. The predicted molar refractivity (Wildman–Crippen MR) is 262 cm³/mol. The van der Waals surface area contributed by atoms with Crippen LogP contribution in [-0.2, 0) is 0 Å². The van der Waals surface area contributed by atoms with E-state index < -0.39 is 0 Å². The molecule has 0 radical (unpaired) electrons. The summed E-state index contributed by atoms with van der Waals surface area (Å²) in [6.45, 7) is 0. The van der Waals surface area contributed by atoms with Gasteiger partial charge in [-0.1, -0.05) is 200 Å². The third kappa shape index (κ3) is 5.93. The Morgan fingerprint density at radius 2 is 0.656 bits per heavy atom. The monoisotopic (exact) mass is 773 g/mol. The molecule has 12 aromatic carbocycles. The molecular weight excluding hydrogens is 735 g/mol. The van der Waals surface area contributed by atoms with Crippen molar-refractivity contribution in [3.8, 4) is 33.4 Å². The Morgan fingerprint density at radius 3 is 1.33 bits per heavy atom. The van der Waals surface area contributed by atoms with Gasteiger partial charge in [0.2, 0.25) is 0 Å². The highest BCUT2D eigenvalue weighted by molar-refractivity contribution is 6.24. The Balaban J connectivity index is 1.10. The summed E-state index contributed by atoms with van der Waals surface area (Å²) in [5.74, 6) is 0. The molecule has 0 N–H and O–H groups in total. The second-order valence-corrected chi connectivity index (χ2v) is 16.1. The van der Waals surface area contributed by atoms with Gasteiger partial charge >= 0.3 is 0 Å². The van der Waals surface area contributed by atoms with Gasteiger partial charge in [-0.05, 0) is 123 Å². The van der Waals surface area contributed by atoms with E-state index in [0.717, 1.165) is 17.1 Å². The third-order valence-corrected chi connectivity index (χ3v) is 12.6. The van der Waals surface area contributed by atoms with E-state index in [4.69, 9.17) is 0 Å². The van der Waals surface area contributed by atoms with Crippen LogP contribution in [0.2, 0.25) is 0 Å². The number of anilines is 3. The molecule has 0 unspecified atom stereocenters. The van der Waals surface area contributed by atoms with E-state index in [1.165, 1.54) is 98.0 Å². The van der Waals surface area contributed by atoms with Crippen molar-refractivity contribution >= 4 is 81.7 Å². The summed E-state index contributed by atoms with van der Waals surface area (Å²) in [5, 5.41) is 14.9. The van der Waals surface area contributed by atoms with E-state index in [9.17, 15) is 0 Å². The molecule has 12 aromatic rings. The Morgan fingerprint density at radius 1 is 0.230 bits per heavy atom. The molecule has 0 saturated heterocycles. The third-order valence-electron chi connectivity index (χ3n) is 12.6. The zero-order valence-corrected chi connectivity index (χ0v) is 33.5. The molecule has 61 heavy (non-hydrogen) atoms. The highest BCUT2D eigenvalue weighted by Crippen LogP contribution is 2.51. The molecule has 0 atom stereocenters. The fraction of sp³-hybridized carbons (Fsp3) is 0. The summed E-state index contributed by atoms with van der Waals surface area (Å²) < 4.78 is 0. The zero-order chi connectivity index (χ0) is 40.3. The van der Waals surface area contributed by atoms with Crippen molar-refractivity contribution in [3.63, 3.8) is 0 Å². The van der Waals surface area contributed by atoms with Crippen LogP contribution in [0.3, 0.4) is 0 Å². The zero-order valence-electron chi connectivity index (χ0n) is 33.5. The Bertz CT molecular complexity index is 3630. The Kier molecular flexibility index (Phi) is 8.25. The van der Waals surface area contributed by atoms with Gasteiger partial charge in [-0.3, -0.25) is 0 Å². The quantitative estimate of drug-likeness (QED) is 0.152.